The third kappa shape index (κ3) is 3.21. The van der Waals surface area contributed by atoms with Gasteiger partial charge in [-0.25, -0.2) is 0 Å². The number of aryl methyl sites for hydroxylation is 2. The van der Waals surface area contributed by atoms with Crippen LogP contribution in [0.1, 0.15) is 5.56 Å². The Balaban J connectivity index is 1.77. The Labute approximate surface area is 150 Å². The summed E-state index contributed by atoms with van der Waals surface area (Å²) < 4.78 is 5.55. The Kier molecular flexibility index (Phi) is 3.89. The van der Waals surface area contributed by atoms with E-state index in [-0.39, 0.29) is 0 Å². The van der Waals surface area contributed by atoms with Crippen molar-refractivity contribution in [3.8, 4) is 22.5 Å². The van der Waals surface area contributed by atoms with E-state index in [1.807, 2.05) is 67.8 Å². The molecule has 6 nitrogen and oxygen atoms in total. The van der Waals surface area contributed by atoms with Crippen LogP contribution in [0.2, 0.25) is 5.02 Å². The molecule has 0 aliphatic heterocycles. The van der Waals surface area contributed by atoms with Gasteiger partial charge in [0.1, 0.15) is 0 Å². The molecule has 0 saturated heterocycles. The molecular formula is C18H17ClN6. The SMILES string of the molecule is Cn1cc(-c2cc(-c3cnn(C)c3)n(Cc3ccc(Cl)cc3)n2)cn1. The van der Waals surface area contributed by atoms with Gasteiger partial charge in [-0.3, -0.25) is 14.0 Å². The van der Waals surface area contributed by atoms with Crippen molar-refractivity contribution in [2.24, 2.45) is 14.1 Å². The number of benzene rings is 1. The maximum absolute atomic E-state index is 5.99. The van der Waals surface area contributed by atoms with Crippen LogP contribution in [0.4, 0.5) is 0 Å². The Morgan fingerprint density at radius 1 is 0.920 bits per heavy atom. The molecule has 3 aromatic heterocycles. The third-order valence-electron chi connectivity index (χ3n) is 4.03. The van der Waals surface area contributed by atoms with Crippen molar-refractivity contribution in [2.75, 3.05) is 0 Å². The maximum atomic E-state index is 5.99. The number of hydrogen-bond donors (Lipinski definition) is 0. The fourth-order valence-electron chi connectivity index (χ4n) is 2.78. The van der Waals surface area contributed by atoms with Gasteiger partial charge in [-0.1, -0.05) is 23.7 Å². The maximum Gasteiger partial charge on any atom is 0.0961 e. The van der Waals surface area contributed by atoms with Gasteiger partial charge in [-0.2, -0.15) is 15.3 Å². The quantitative estimate of drug-likeness (QED) is 0.565. The Hall–Kier alpha value is -2.86. The number of rotatable bonds is 4. The van der Waals surface area contributed by atoms with Gasteiger partial charge in [0.05, 0.1) is 30.3 Å². The lowest BCUT2D eigenvalue weighted by Gasteiger charge is -2.06. The zero-order chi connectivity index (χ0) is 17.4. The molecule has 0 radical (unpaired) electrons. The molecule has 0 bridgehead atoms. The van der Waals surface area contributed by atoms with Crippen molar-refractivity contribution in [2.45, 2.75) is 6.54 Å². The summed E-state index contributed by atoms with van der Waals surface area (Å²) in [5.74, 6) is 0. The molecule has 4 rings (SSSR count). The fraction of sp³-hybridized carbons (Fsp3) is 0.167. The molecule has 25 heavy (non-hydrogen) atoms. The van der Waals surface area contributed by atoms with Gasteiger partial charge < -0.3 is 0 Å². The molecule has 0 aliphatic rings. The van der Waals surface area contributed by atoms with Gasteiger partial charge in [0.25, 0.3) is 0 Å². The summed E-state index contributed by atoms with van der Waals surface area (Å²) in [4.78, 5) is 0. The first kappa shape index (κ1) is 15.7. The third-order valence-corrected chi connectivity index (χ3v) is 4.28. The minimum Gasteiger partial charge on any atom is -0.275 e. The highest BCUT2D eigenvalue weighted by Crippen LogP contribution is 2.26. The van der Waals surface area contributed by atoms with Gasteiger partial charge >= 0.3 is 0 Å². The summed E-state index contributed by atoms with van der Waals surface area (Å²) in [5, 5.41) is 14.0. The standard InChI is InChI=1S/C18H17ClN6/c1-23-11-14(8-20-23)17-7-18(15-9-21-24(2)12-15)25(22-17)10-13-3-5-16(19)6-4-13/h3-9,11-12H,10H2,1-2H3. The van der Waals surface area contributed by atoms with Crippen LogP contribution in [0.3, 0.4) is 0 Å². The van der Waals surface area contributed by atoms with Crippen molar-refractivity contribution in [1.82, 2.24) is 29.3 Å². The van der Waals surface area contributed by atoms with E-state index in [2.05, 4.69) is 16.3 Å². The average Bonchev–Trinajstić information content (AvgIpc) is 3.29. The predicted molar refractivity (Wildman–Crippen MR) is 97.2 cm³/mol. The summed E-state index contributed by atoms with van der Waals surface area (Å²) in [6, 6.07) is 9.89. The molecule has 0 unspecified atom stereocenters. The summed E-state index contributed by atoms with van der Waals surface area (Å²) in [5.41, 5.74) is 5.06. The molecule has 3 heterocycles. The molecule has 0 N–H and O–H groups in total. The monoisotopic (exact) mass is 352 g/mol. The van der Waals surface area contributed by atoms with Crippen LogP contribution in [0, 0.1) is 0 Å². The van der Waals surface area contributed by atoms with E-state index in [4.69, 9.17) is 16.7 Å². The molecular weight excluding hydrogens is 336 g/mol. The molecule has 7 heteroatoms. The number of nitrogens with zero attached hydrogens (tertiary/aromatic N) is 6. The van der Waals surface area contributed by atoms with E-state index < -0.39 is 0 Å². The van der Waals surface area contributed by atoms with Gasteiger partial charge in [-0.15, -0.1) is 0 Å². The van der Waals surface area contributed by atoms with E-state index in [9.17, 15) is 0 Å². The Morgan fingerprint density at radius 3 is 2.16 bits per heavy atom. The molecule has 0 saturated carbocycles. The van der Waals surface area contributed by atoms with Crippen LogP contribution < -0.4 is 0 Å². The zero-order valence-corrected chi connectivity index (χ0v) is 14.7. The number of hydrogen-bond acceptors (Lipinski definition) is 3. The van der Waals surface area contributed by atoms with Gasteiger partial charge in [0.15, 0.2) is 0 Å². The highest BCUT2D eigenvalue weighted by atomic mass is 35.5. The lowest BCUT2D eigenvalue weighted by Crippen LogP contribution is -2.03. The second-order valence-electron chi connectivity index (χ2n) is 6.00. The van der Waals surface area contributed by atoms with Crippen molar-refractivity contribution in [1.29, 1.82) is 0 Å². The minimum absolute atomic E-state index is 0.654. The van der Waals surface area contributed by atoms with Gasteiger partial charge in [0, 0.05) is 42.6 Å². The van der Waals surface area contributed by atoms with Crippen molar-refractivity contribution in [3.63, 3.8) is 0 Å². The van der Waals surface area contributed by atoms with Crippen molar-refractivity contribution >= 4 is 11.6 Å². The van der Waals surface area contributed by atoms with Crippen LogP contribution in [-0.4, -0.2) is 29.3 Å². The van der Waals surface area contributed by atoms with E-state index in [0.717, 1.165) is 33.1 Å². The molecule has 126 valence electrons. The lowest BCUT2D eigenvalue weighted by atomic mass is 10.2. The van der Waals surface area contributed by atoms with Crippen LogP contribution >= 0.6 is 11.6 Å². The highest BCUT2D eigenvalue weighted by Gasteiger charge is 2.14. The molecule has 0 fully saturated rings. The first-order chi connectivity index (χ1) is 12.1. The fourth-order valence-corrected chi connectivity index (χ4v) is 2.91. The van der Waals surface area contributed by atoms with E-state index in [1.54, 1.807) is 9.36 Å². The van der Waals surface area contributed by atoms with E-state index in [0.29, 0.717) is 6.54 Å². The first-order valence-corrected chi connectivity index (χ1v) is 8.26. The average molecular weight is 353 g/mol. The molecule has 0 spiro atoms. The van der Waals surface area contributed by atoms with Crippen LogP contribution in [-0.2, 0) is 20.6 Å². The highest BCUT2D eigenvalue weighted by molar-refractivity contribution is 6.30. The molecule has 0 amide bonds. The number of aromatic nitrogens is 6. The molecule has 0 aliphatic carbocycles. The summed E-state index contributed by atoms with van der Waals surface area (Å²) in [6.45, 7) is 0.654. The summed E-state index contributed by atoms with van der Waals surface area (Å²) >= 11 is 5.99. The van der Waals surface area contributed by atoms with E-state index >= 15 is 0 Å². The topological polar surface area (TPSA) is 53.5 Å². The summed E-state index contributed by atoms with van der Waals surface area (Å²) in [6.07, 6.45) is 7.62. The predicted octanol–water partition coefficient (Wildman–Crippen LogP) is 3.39. The smallest absolute Gasteiger partial charge is 0.0961 e. The lowest BCUT2D eigenvalue weighted by molar-refractivity contribution is 0.696. The largest absolute Gasteiger partial charge is 0.275 e. The van der Waals surface area contributed by atoms with Gasteiger partial charge in [0.2, 0.25) is 0 Å². The molecule has 0 atom stereocenters. The normalized spacial score (nSPS) is 11.2. The molecule has 4 aromatic rings. The Morgan fingerprint density at radius 2 is 1.56 bits per heavy atom. The van der Waals surface area contributed by atoms with E-state index in [1.165, 1.54) is 0 Å². The van der Waals surface area contributed by atoms with Crippen LogP contribution in [0.25, 0.3) is 22.5 Å². The second-order valence-corrected chi connectivity index (χ2v) is 6.44. The van der Waals surface area contributed by atoms with Crippen molar-refractivity contribution in [3.05, 3.63) is 65.7 Å². The first-order valence-electron chi connectivity index (χ1n) is 7.89. The zero-order valence-electron chi connectivity index (χ0n) is 14.0. The minimum atomic E-state index is 0.654. The summed E-state index contributed by atoms with van der Waals surface area (Å²) in [7, 11) is 3.81. The number of halogens is 1. The van der Waals surface area contributed by atoms with Crippen molar-refractivity contribution < 1.29 is 0 Å². The van der Waals surface area contributed by atoms with Crippen LogP contribution in [0.15, 0.2) is 55.1 Å². The molecule has 1 aromatic carbocycles. The van der Waals surface area contributed by atoms with Gasteiger partial charge in [-0.05, 0) is 23.8 Å². The second kappa shape index (κ2) is 6.22. The van der Waals surface area contributed by atoms with Crippen LogP contribution in [0.5, 0.6) is 0 Å². The Bertz CT molecular complexity index is 1010.